The van der Waals surface area contributed by atoms with Gasteiger partial charge >= 0.3 is 0 Å². The van der Waals surface area contributed by atoms with E-state index in [4.69, 9.17) is 9.47 Å². The monoisotopic (exact) mass is 573 g/mol. The van der Waals surface area contributed by atoms with Crippen LogP contribution in [0.5, 0.6) is 5.75 Å². The van der Waals surface area contributed by atoms with Crippen molar-refractivity contribution >= 4 is 34.0 Å². The zero-order valence-corrected chi connectivity index (χ0v) is 24.5. The molecule has 39 heavy (non-hydrogen) atoms. The number of piperidine rings is 1. The first-order valence-corrected chi connectivity index (χ1v) is 15.8. The molecule has 0 bridgehead atoms. The van der Waals surface area contributed by atoms with Crippen LogP contribution >= 0.6 is 23.1 Å². The molecule has 1 atom stereocenters. The standard InChI is InChI=1S/C30H40FN3O3S2/c1-36-24-4-5-27-25(19-24)29(23(20-32-27)21-34-12-15-37-16-13-34)26(31)6-7-30(22-35)8-10-33(11-9-30)14-18-39-28-3-2-17-38-28/h2-5,17,19-20,26,35H,6-16,18,21-22H2,1H3/t26-/m0/s1. The smallest absolute Gasteiger partial charge is 0.126 e. The Kier molecular flexibility index (Phi) is 10.1. The van der Waals surface area contributed by atoms with Crippen LogP contribution in [0.25, 0.3) is 10.9 Å². The summed E-state index contributed by atoms with van der Waals surface area (Å²) in [6.45, 7) is 6.81. The second-order valence-electron chi connectivity index (χ2n) is 10.8. The molecule has 0 saturated carbocycles. The number of fused-ring (bicyclic) bond motifs is 1. The normalized spacial score (nSPS) is 19.4. The number of alkyl halides is 1. The summed E-state index contributed by atoms with van der Waals surface area (Å²) in [5.41, 5.74) is 2.22. The molecule has 212 valence electrons. The average molecular weight is 574 g/mol. The van der Waals surface area contributed by atoms with Crippen LogP contribution in [0.4, 0.5) is 4.39 Å². The van der Waals surface area contributed by atoms with E-state index < -0.39 is 6.17 Å². The molecule has 2 saturated heterocycles. The minimum atomic E-state index is -1.14. The number of methoxy groups -OCH3 is 1. The lowest BCUT2D eigenvalue weighted by Crippen LogP contribution is -2.42. The Labute approximate surface area is 239 Å². The third-order valence-electron chi connectivity index (χ3n) is 8.34. The molecule has 2 aliphatic rings. The summed E-state index contributed by atoms with van der Waals surface area (Å²) in [4.78, 5) is 9.47. The van der Waals surface area contributed by atoms with Crippen molar-refractivity contribution in [2.24, 2.45) is 5.41 Å². The van der Waals surface area contributed by atoms with Gasteiger partial charge in [-0.05, 0) is 79.4 Å². The van der Waals surface area contributed by atoms with E-state index in [2.05, 4.69) is 32.3 Å². The zero-order valence-electron chi connectivity index (χ0n) is 22.8. The van der Waals surface area contributed by atoms with Crippen molar-refractivity contribution in [2.45, 2.75) is 42.6 Å². The van der Waals surface area contributed by atoms with Crippen LogP contribution in [0.1, 0.15) is 43.0 Å². The third-order valence-corrected chi connectivity index (χ3v) is 10.4. The van der Waals surface area contributed by atoms with Gasteiger partial charge in [0.2, 0.25) is 0 Å². The Morgan fingerprint density at radius 2 is 2.00 bits per heavy atom. The van der Waals surface area contributed by atoms with E-state index >= 15 is 4.39 Å². The van der Waals surface area contributed by atoms with Crippen molar-refractivity contribution in [3.05, 3.63) is 53.0 Å². The molecular formula is C30H40FN3O3S2. The average Bonchev–Trinajstić information content (AvgIpc) is 3.50. The summed E-state index contributed by atoms with van der Waals surface area (Å²) in [6.07, 6.45) is 3.59. The Balaban J connectivity index is 1.25. The maximum Gasteiger partial charge on any atom is 0.126 e. The second-order valence-corrected chi connectivity index (χ2v) is 13.1. The number of ether oxygens (including phenoxy) is 2. The van der Waals surface area contributed by atoms with Crippen molar-refractivity contribution < 1.29 is 19.0 Å². The maximum atomic E-state index is 16.3. The van der Waals surface area contributed by atoms with Gasteiger partial charge in [0.05, 0.1) is 30.0 Å². The van der Waals surface area contributed by atoms with Crippen molar-refractivity contribution in [1.29, 1.82) is 0 Å². The first-order valence-electron chi connectivity index (χ1n) is 14.0. The van der Waals surface area contributed by atoms with E-state index in [1.807, 2.05) is 36.2 Å². The number of nitrogens with zero attached hydrogens (tertiary/aromatic N) is 3. The number of hydrogen-bond acceptors (Lipinski definition) is 8. The fourth-order valence-electron chi connectivity index (χ4n) is 5.79. The summed E-state index contributed by atoms with van der Waals surface area (Å²) < 4.78 is 28.7. The molecule has 0 unspecified atom stereocenters. The molecule has 2 aromatic heterocycles. The van der Waals surface area contributed by atoms with Crippen LogP contribution in [-0.4, -0.2) is 85.3 Å². The van der Waals surface area contributed by atoms with Gasteiger partial charge in [-0.1, -0.05) is 6.07 Å². The fourth-order valence-corrected chi connectivity index (χ4v) is 7.66. The summed E-state index contributed by atoms with van der Waals surface area (Å²) in [6, 6.07) is 9.97. The number of pyridine rings is 1. The van der Waals surface area contributed by atoms with Crippen LogP contribution in [0, 0.1) is 5.41 Å². The highest BCUT2D eigenvalue weighted by Crippen LogP contribution is 2.41. The predicted molar refractivity (Wildman–Crippen MR) is 158 cm³/mol. The maximum absolute atomic E-state index is 16.3. The van der Waals surface area contributed by atoms with Gasteiger partial charge in [0.1, 0.15) is 11.9 Å². The molecule has 3 aromatic rings. The van der Waals surface area contributed by atoms with Crippen molar-refractivity contribution in [2.75, 3.05) is 65.4 Å². The third kappa shape index (κ3) is 7.31. The largest absolute Gasteiger partial charge is 0.497 e. The number of benzene rings is 1. The summed E-state index contributed by atoms with van der Waals surface area (Å²) in [7, 11) is 1.64. The van der Waals surface area contributed by atoms with Gasteiger partial charge in [-0.15, -0.1) is 23.1 Å². The zero-order chi connectivity index (χ0) is 27.1. The van der Waals surface area contributed by atoms with E-state index in [9.17, 15) is 5.11 Å². The second kappa shape index (κ2) is 13.7. The number of halogens is 1. The molecule has 2 fully saturated rings. The lowest BCUT2D eigenvalue weighted by atomic mass is 9.74. The summed E-state index contributed by atoms with van der Waals surface area (Å²) in [5, 5.41) is 13.4. The molecule has 0 aliphatic carbocycles. The Hall–Kier alpha value is -1.75. The number of aromatic nitrogens is 1. The fraction of sp³-hybridized carbons (Fsp3) is 0.567. The van der Waals surface area contributed by atoms with E-state index in [1.165, 1.54) is 4.21 Å². The Bertz CT molecular complexity index is 1180. The number of thioether (sulfide) groups is 1. The van der Waals surface area contributed by atoms with Crippen molar-refractivity contribution in [3.63, 3.8) is 0 Å². The molecule has 4 heterocycles. The van der Waals surface area contributed by atoms with E-state index in [1.54, 1.807) is 18.4 Å². The first-order chi connectivity index (χ1) is 19.1. The number of aliphatic hydroxyl groups is 1. The van der Waals surface area contributed by atoms with Gasteiger partial charge in [0.15, 0.2) is 0 Å². The molecule has 0 amide bonds. The molecule has 1 aromatic carbocycles. The molecule has 0 radical (unpaired) electrons. The Morgan fingerprint density at radius 3 is 2.72 bits per heavy atom. The van der Waals surface area contributed by atoms with Crippen LogP contribution in [0.2, 0.25) is 0 Å². The highest BCUT2D eigenvalue weighted by atomic mass is 32.2. The quantitative estimate of drug-likeness (QED) is 0.275. The molecule has 6 nitrogen and oxygen atoms in total. The van der Waals surface area contributed by atoms with Crippen LogP contribution in [0.15, 0.2) is 46.1 Å². The molecular weight excluding hydrogens is 533 g/mol. The number of hydrogen-bond donors (Lipinski definition) is 1. The number of aliphatic hydroxyl groups excluding tert-OH is 1. The minimum Gasteiger partial charge on any atom is -0.497 e. The topological polar surface area (TPSA) is 58.1 Å². The van der Waals surface area contributed by atoms with Gasteiger partial charge in [0, 0.05) is 55.7 Å². The molecule has 5 rings (SSSR count). The van der Waals surface area contributed by atoms with Crippen LogP contribution < -0.4 is 4.74 Å². The van der Waals surface area contributed by atoms with Gasteiger partial charge < -0.3 is 19.5 Å². The first kappa shape index (κ1) is 28.8. The van der Waals surface area contributed by atoms with E-state index in [0.717, 1.165) is 73.3 Å². The minimum absolute atomic E-state index is 0.114. The molecule has 2 aliphatic heterocycles. The Morgan fingerprint density at radius 1 is 1.18 bits per heavy atom. The number of likely N-dealkylation sites (tertiary alicyclic amines) is 1. The lowest BCUT2D eigenvalue weighted by molar-refractivity contribution is 0.0311. The van der Waals surface area contributed by atoms with Crippen molar-refractivity contribution in [3.8, 4) is 5.75 Å². The number of thiophene rings is 1. The summed E-state index contributed by atoms with van der Waals surface area (Å²) in [5.74, 6) is 1.78. The molecule has 1 N–H and O–H groups in total. The predicted octanol–water partition coefficient (Wildman–Crippen LogP) is 5.79. The highest BCUT2D eigenvalue weighted by molar-refractivity contribution is 8.01. The molecule has 9 heteroatoms. The van der Waals surface area contributed by atoms with Crippen LogP contribution in [0.3, 0.4) is 0 Å². The van der Waals surface area contributed by atoms with E-state index in [-0.39, 0.29) is 12.0 Å². The summed E-state index contributed by atoms with van der Waals surface area (Å²) >= 11 is 3.70. The van der Waals surface area contributed by atoms with Crippen LogP contribution in [-0.2, 0) is 11.3 Å². The SMILES string of the molecule is COc1ccc2ncc(CN3CCOCC3)c([C@@H](F)CCC3(CO)CCN(CCSc4cccs4)CC3)c2c1. The molecule has 0 spiro atoms. The van der Waals surface area contributed by atoms with E-state index in [0.29, 0.717) is 38.3 Å². The van der Waals surface area contributed by atoms with Gasteiger partial charge in [0.25, 0.3) is 0 Å². The number of morpholine rings is 1. The van der Waals surface area contributed by atoms with Crippen molar-refractivity contribution in [1.82, 2.24) is 14.8 Å². The van der Waals surface area contributed by atoms with Gasteiger partial charge in [-0.2, -0.15) is 0 Å². The van der Waals surface area contributed by atoms with Gasteiger partial charge in [-0.3, -0.25) is 9.88 Å². The number of rotatable bonds is 12. The van der Waals surface area contributed by atoms with Gasteiger partial charge in [-0.25, -0.2) is 4.39 Å². The lowest BCUT2D eigenvalue weighted by Gasteiger charge is -2.41. The highest BCUT2D eigenvalue weighted by Gasteiger charge is 2.35.